The minimum absolute atomic E-state index is 0.204. The molecule has 0 aliphatic heterocycles. The van der Waals surface area contributed by atoms with Crippen LogP contribution in [0.5, 0.6) is 0 Å². The Hall–Kier alpha value is -1.11. The number of carbonyl (C=O) groups is 1. The Morgan fingerprint density at radius 2 is 1.85 bits per heavy atom. The van der Waals surface area contributed by atoms with Crippen LogP contribution in [-0.2, 0) is 4.79 Å². The van der Waals surface area contributed by atoms with Gasteiger partial charge in [0, 0.05) is 6.42 Å². The smallest absolute Gasteiger partial charge is 0.158 e. The molecular weight excluding hydrogens is 160 g/mol. The zero-order valence-electron chi connectivity index (χ0n) is 8.76. The number of allylic oxidation sites excluding steroid dienone is 5. The normalized spacial score (nSPS) is 12.8. The summed E-state index contributed by atoms with van der Waals surface area (Å²) >= 11 is 0. The largest absolute Gasteiger partial charge is 0.295 e. The highest BCUT2D eigenvalue weighted by atomic mass is 16.1. The minimum atomic E-state index is 0.204. The van der Waals surface area contributed by atoms with Crippen LogP contribution in [0.25, 0.3) is 0 Å². The van der Waals surface area contributed by atoms with Gasteiger partial charge in [-0.3, -0.25) is 4.79 Å². The average Bonchev–Trinajstić information content (AvgIpc) is 2.17. The summed E-state index contributed by atoms with van der Waals surface area (Å²) in [5.74, 6) is 0.204. The third-order valence-electron chi connectivity index (χ3n) is 1.98. The SMILES string of the molecule is C=CC(=CC=C(C)C(=O)CC)CC. The molecule has 0 aromatic carbocycles. The van der Waals surface area contributed by atoms with Crippen LogP contribution in [0.15, 0.2) is 36.0 Å². The van der Waals surface area contributed by atoms with Gasteiger partial charge in [0.2, 0.25) is 0 Å². The second-order valence-corrected chi connectivity index (χ2v) is 2.93. The van der Waals surface area contributed by atoms with Gasteiger partial charge in [-0.15, -0.1) is 0 Å². The molecule has 0 N–H and O–H groups in total. The van der Waals surface area contributed by atoms with Crippen molar-refractivity contribution in [3.8, 4) is 0 Å². The Labute approximate surface area is 80.8 Å². The van der Waals surface area contributed by atoms with E-state index in [4.69, 9.17) is 0 Å². The van der Waals surface area contributed by atoms with Gasteiger partial charge in [0.15, 0.2) is 5.78 Å². The van der Waals surface area contributed by atoms with Gasteiger partial charge in [-0.2, -0.15) is 0 Å². The lowest BCUT2D eigenvalue weighted by molar-refractivity contribution is -0.115. The molecular formula is C12H18O. The third-order valence-corrected chi connectivity index (χ3v) is 1.98. The second kappa shape index (κ2) is 6.41. The molecule has 0 radical (unpaired) electrons. The van der Waals surface area contributed by atoms with Crippen LogP contribution >= 0.6 is 0 Å². The number of rotatable bonds is 5. The summed E-state index contributed by atoms with van der Waals surface area (Å²) < 4.78 is 0. The van der Waals surface area contributed by atoms with Crippen molar-refractivity contribution in [3.05, 3.63) is 36.0 Å². The van der Waals surface area contributed by atoms with Crippen LogP contribution in [0.1, 0.15) is 33.6 Å². The van der Waals surface area contributed by atoms with E-state index in [-0.39, 0.29) is 5.78 Å². The Morgan fingerprint density at radius 3 is 2.23 bits per heavy atom. The first kappa shape index (κ1) is 11.9. The monoisotopic (exact) mass is 178 g/mol. The summed E-state index contributed by atoms with van der Waals surface area (Å²) in [5, 5.41) is 0. The van der Waals surface area contributed by atoms with E-state index in [2.05, 4.69) is 13.5 Å². The maximum Gasteiger partial charge on any atom is 0.158 e. The molecule has 0 saturated carbocycles. The summed E-state index contributed by atoms with van der Waals surface area (Å²) in [6.07, 6.45) is 7.17. The molecule has 0 aliphatic carbocycles. The molecule has 0 aliphatic rings. The van der Waals surface area contributed by atoms with Gasteiger partial charge in [-0.25, -0.2) is 0 Å². The average molecular weight is 178 g/mol. The predicted molar refractivity (Wildman–Crippen MR) is 57.6 cm³/mol. The highest BCUT2D eigenvalue weighted by Gasteiger charge is 1.98. The van der Waals surface area contributed by atoms with Gasteiger partial charge in [-0.05, 0) is 24.5 Å². The highest BCUT2D eigenvalue weighted by Crippen LogP contribution is 2.04. The topological polar surface area (TPSA) is 17.1 Å². The van der Waals surface area contributed by atoms with E-state index in [9.17, 15) is 4.79 Å². The van der Waals surface area contributed by atoms with Crippen molar-refractivity contribution in [3.63, 3.8) is 0 Å². The molecule has 1 nitrogen and oxygen atoms in total. The van der Waals surface area contributed by atoms with Crippen LogP contribution in [-0.4, -0.2) is 5.78 Å². The molecule has 72 valence electrons. The molecule has 0 amide bonds. The molecule has 0 spiro atoms. The first-order valence-electron chi connectivity index (χ1n) is 4.68. The molecule has 13 heavy (non-hydrogen) atoms. The van der Waals surface area contributed by atoms with Crippen molar-refractivity contribution in [2.24, 2.45) is 0 Å². The lowest BCUT2D eigenvalue weighted by Crippen LogP contribution is -1.95. The lowest BCUT2D eigenvalue weighted by atomic mass is 10.1. The Morgan fingerprint density at radius 1 is 1.23 bits per heavy atom. The van der Waals surface area contributed by atoms with Crippen LogP contribution < -0.4 is 0 Å². The van der Waals surface area contributed by atoms with Crippen molar-refractivity contribution in [1.82, 2.24) is 0 Å². The molecule has 1 heteroatoms. The van der Waals surface area contributed by atoms with E-state index in [0.717, 1.165) is 17.6 Å². The van der Waals surface area contributed by atoms with Gasteiger partial charge in [-0.1, -0.05) is 38.7 Å². The molecule has 0 heterocycles. The summed E-state index contributed by atoms with van der Waals surface area (Å²) in [4.78, 5) is 11.2. The molecule has 0 fully saturated rings. The van der Waals surface area contributed by atoms with E-state index in [0.29, 0.717) is 6.42 Å². The van der Waals surface area contributed by atoms with Crippen LogP contribution in [0, 0.1) is 0 Å². The third kappa shape index (κ3) is 4.46. The summed E-state index contributed by atoms with van der Waals surface area (Å²) in [6.45, 7) is 9.48. The van der Waals surface area contributed by atoms with Crippen LogP contribution in [0.3, 0.4) is 0 Å². The fourth-order valence-corrected chi connectivity index (χ4v) is 0.934. The number of hydrogen-bond donors (Lipinski definition) is 0. The molecule has 0 rings (SSSR count). The second-order valence-electron chi connectivity index (χ2n) is 2.93. The lowest BCUT2D eigenvalue weighted by Gasteiger charge is -1.96. The first-order chi connectivity index (χ1) is 6.15. The Bertz CT molecular complexity index is 244. The predicted octanol–water partition coefficient (Wildman–Crippen LogP) is 3.43. The van der Waals surface area contributed by atoms with Gasteiger partial charge in [0.05, 0.1) is 0 Å². The standard InChI is InChI=1S/C12H18O/c1-5-11(6-2)9-8-10(4)12(13)7-3/h5,8-9H,1,6-7H2,2-4H3. The van der Waals surface area contributed by atoms with Crippen LogP contribution in [0.2, 0.25) is 0 Å². The molecule has 0 bridgehead atoms. The molecule has 0 aromatic rings. The van der Waals surface area contributed by atoms with Gasteiger partial charge >= 0.3 is 0 Å². The fourth-order valence-electron chi connectivity index (χ4n) is 0.934. The summed E-state index contributed by atoms with van der Waals surface area (Å²) in [6, 6.07) is 0. The van der Waals surface area contributed by atoms with Crippen molar-refractivity contribution < 1.29 is 4.79 Å². The highest BCUT2D eigenvalue weighted by molar-refractivity contribution is 5.94. The van der Waals surface area contributed by atoms with Gasteiger partial charge in [0.25, 0.3) is 0 Å². The molecule has 0 aromatic heterocycles. The minimum Gasteiger partial charge on any atom is -0.295 e. The number of Topliss-reactive ketones (excluding diaryl/α,β-unsaturated/α-hetero) is 1. The number of carbonyl (C=O) groups excluding carboxylic acids is 1. The zero-order chi connectivity index (χ0) is 10.3. The first-order valence-corrected chi connectivity index (χ1v) is 4.68. The van der Waals surface area contributed by atoms with Crippen molar-refractivity contribution in [2.45, 2.75) is 33.6 Å². The molecule has 0 unspecified atom stereocenters. The maximum atomic E-state index is 11.2. The summed E-state index contributed by atoms with van der Waals surface area (Å²) in [5.41, 5.74) is 1.97. The van der Waals surface area contributed by atoms with Crippen molar-refractivity contribution >= 4 is 5.78 Å². The zero-order valence-corrected chi connectivity index (χ0v) is 8.76. The van der Waals surface area contributed by atoms with E-state index >= 15 is 0 Å². The summed E-state index contributed by atoms with van der Waals surface area (Å²) in [7, 11) is 0. The Balaban J connectivity index is 4.47. The molecule has 0 atom stereocenters. The maximum absolute atomic E-state index is 11.2. The van der Waals surface area contributed by atoms with E-state index in [1.54, 1.807) is 0 Å². The fraction of sp³-hybridized carbons (Fsp3) is 0.417. The van der Waals surface area contributed by atoms with Crippen molar-refractivity contribution in [2.75, 3.05) is 0 Å². The Kier molecular flexibility index (Phi) is 5.86. The van der Waals surface area contributed by atoms with Crippen molar-refractivity contribution in [1.29, 1.82) is 0 Å². The van der Waals surface area contributed by atoms with Gasteiger partial charge < -0.3 is 0 Å². The van der Waals surface area contributed by atoms with E-state index in [1.807, 2.05) is 32.1 Å². The van der Waals surface area contributed by atoms with E-state index < -0.39 is 0 Å². The molecule has 0 saturated heterocycles. The number of hydrogen-bond acceptors (Lipinski definition) is 1. The van der Waals surface area contributed by atoms with Crippen LogP contribution in [0.4, 0.5) is 0 Å². The van der Waals surface area contributed by atoms with E-state index in [1.165, 1.54) is 0 Å². The number of ketones is 1. The quantitative estimate of drug-likeness (QED) is 0.465. The van der Waals surface area contributed by atoms with Gasteiger partial charge in [0.1, 0.15) is 0 Å².